The number of aryl methyl sites for hydroxylation is 1. The van der Waals surface area contributed by atoms with E-state index < -0.39 is 0 Å². The maximum absolute atomic E-state index is 11.5. The minimum Gasteiger partial charge on any atom is -0.338 e. The van der Waals surface area contributed by atoms with Crippen LogP contribution >= 0.6 is 0 Å². The van der Waals surface area contributed by atoms with Gasteiger partial charge in [-0.25, -0.2) is 4.98 Å². The molecule has 0 amide bonds. The second kappa shape index (κ2) is 4.22. The van der Waals surface area contributed by atoms with Gasteiger partial charge in [0.2, 0.25) is 0 Å². The fourth-order valence-corrected chi connectivity index (χ4v) is 1.38. The van der Waals surface area contributed by atoms with E-state index in [0.717, 1.165) is 5.82 Å². The molecule has 0 spiro atoms. The largest absolute Gasteiger partial charge is 0.338 e. The van der Waals surface area contributed by atoms with E-state index in [-0.39, 0.29) is 11.7 Å². The lowest BCUT2D eigenvalue weighted by atomic mass is 9.98. The van der Waals surface area contributed by atoms with Gasteiger partial charge in [0, 0.05) is 31.8 Å². The van der Waals surface area contributed by atoms with E-state index in [1.807, 2.05) is 24.7 Å². The summed E-state index contributed by atoms with van der Waals surface area (Å²) in [6, 6.07) is 0. The Bertz CT molecular complexity index is 352. The molecule has 0 aliphatic carbocycles. The van der Waals surface area contributed by atoms with Crippen molar-refractivity contribution >= 4 is 5.78 Å². The van der Waals surface area contributed by atoms with Gasteiger partial charge in [0.05, 0.1) is 0 Å². The maximum Gasteiger partial charge on any atom is 0.161 e. The third kappa shape index (κ3) is 2.31. The summed E-state index contributed by atoms with van der Waals surface area (Å²) in [7, 11) is 1.93. The second-order valence-corrected chi connectivity index (χ2v) is 3.70. The summed E-state index contributed by atoms with van der Waals surface area (Å²) in [5, 5.41) is 0. The number of imidazole rings is 1. The molecule has 0 N–H and O–H groups in total. The molecule has 0 fully saturated rings. The van der Waals surface area contributed by atoms with E-state index >= 15 is 0 Å². The highest BCUT2D eigenvalue weighted by atomic mass is 16.1. The second-order valence-electron chi connectivity index (χ2n) is 3.70. The summed E-state index contributed by atoms with van der Waals surface area (Å²) < 4.78 is 1.93. The fraction of sp³-hybridized carbons (Fsp3) is 0.455. The van der Waals surface area contributed by atoms with Crippen molar-refractivity contribution in [3.05, 3.63) is 30.4 Å². The molecule has 1 aromatic rings. The zero-order valence-corrected chi connectivity index (χ0v) is 8.95. The molecule has 14 heavy (non-hydrogen) atoms. The van der Waals surface area contributed by atoms with Gasteiger partial charge in [-0.3, -0.25) is 4.79 Å². The van der Waals surface area contributed by atoms with E-state index in [2.05, 4.69) is 11.6 Å². The first-order chi connectivity index (χ1) is 6.52. The van der Waals surface area contributed by atoms with Crippen LogP contribution in [0.5, 0.6) is 0 Å². The first kappa shape index (κ1) is 10.7. The molecule has 0 bridgehead atoms. The molecule has 0 aliphatic rings. The minimum atomic E-state index is -0.0337. The van der Waals surface area contributed by atoms with Gasteiger partial charge in [0.15, 0.2) is 5.78 Å². The van der Waals surface area contributed by atoms with Gasteiger partial charge < -0.3 is 4.57 Å². The first-order valence-electron chi connectivity index (χ1n) is 4.68. The highest BCUT2D eigenvalue weighted by molar-refractivity contribution is 5.95. The Kier molecular flexibility index (Phi) is 3.23. The molecule has 1 aromatic heterocycles. The third-order valence-electron chi connectivity index (χ3n) is 2.28. The van der Waals surface area contributed by atoms with E-state index in [0.29, 0.717) is 12.0 Å². The van der Waals surface area contributed by atoms with Crippen LogP contribution < -0.4 is 0 Å². The SMILES string of the molecule is C=C(C)C(=O)C(C)Cc1nccn1C. The van der Waals surface area contributed by atoms with Gasteiger partial charge in [-0.1, -0.05) is 13.5 Å². The summed E-state index contributed by atoms with van der Waals surface area (Å²) in [5.41, 5.74) is 0.617. The van der Waals surface area contributed by atoms with Crippen molar-refractivity contribution < 1.29 is 4.79 Å². The van der Waals surface area contributed by atoms with E-state index in [9.17, 15) is 4.79 Å². The number of carbonyl (C=O) groups excluding carboxylic acids is 1. The van der Waals surface area contributed by atoms with Crippen molar-refractivity contribution in [3.8, 4) is 0 Å². The molecule has 1 heterocycles. The van der Waals surface area contributed by atoms with Crippen LogP contribution in [0, 0.1) is 5.92 Å². The molecule has 0 saturated carbocycles. The van der Waals surface area contributed by atoms with Gasteiger partial charge in [-0.2, -0.15) is 0 Å². The molecule has 0 aliphatic heterocycles. The van der Waals surface area contributed by atoms with Crippen LogP contribution in [-0.4, -0.2) is 15.3 Å². The Morgan fingerprint density at radius 3 is 2.79 bits per heavy atom. The first-order valence-corrected chi connectivity index (χ1v) is 4.68. The van der Waals surface area contributed by atoms with Crippen molar-refractivity contribution in [1.82, 2.24) is 9.55 Å². The van der Waals surface area contributed by atoms with Crippen LogP contribution in [0.15, 0.2) is 24.5 Å². The topological polar surface area (TPSA) is 34.9 Å². The van der Waals surface area contributed by atoms with Crippen LogP contribution in [0.2, 0.25) is 0 Å². The number of allylic oxidation sites excluding steroid dienone is 1. The summed E-state index contributed by atoms with van der Waals surface area (Å²) in [6.07, 6.45) is 4.30. The molecule has 76 valence electrons. The summed E-state index contributed by atoms with van der Waals surface area (Å²) in [6.45, 7) is 7.31. The Labute approximate surface area is 84.5 Å². The van der Waals surface area contributed by atoms with Crippen LogP contribution in [0.25, 0.3) is 0 Å². The standard InChI is InChI=1S/C11H16N2O/c1-8(2)11(14)9(3)7-10-12-5-6-13(10)4/h5-6,9H,1,7H2,2-4H3. The maximum atomic E-state index is 11.5. The highest BCUT2D eigenvalue weighted by Crippen LogP contribution is 2.10. The van der Waals surface area contributed by atoms with Crippen molar-refractivity contribution in [2.24, 2.45) is 13.0 Å². The Hall–Kier alpha value is -1.38. The molecule has 3 heteroatoms. The minimum absolute atomic E-state index is 0.0337. The van der Waals surface area contributed by atoms with E-state index in [4.69, 9.17) is 0 Å². The number of carbonyl (C=O) groups is 1. The predicted octanol–water partition coefficient (Wildman–Crippen LogP) is 1.74. The lowest BCUT2D eigenvalue weighted by molar-refractivity contribution is -0.118. The van der Waals surface area contributed by atoms with Crippen LogP contribution in [0.4, 0.5) is 0 Å². The summed E-state index contributed by atoms with van der Waals surface area (Å²) in [4.78, 5) is 15.7. The highest BCUT2D eigenvalue weighted by Gasteiger charge is 2.15. The van der Waals surface area contributed by atoms with Crippen LogP contribution in [-0.2, 0) is 18.3 Å². The van der Waals surface area contributed by atoms with Gasteiger partial charge in [-0.15, -0.1) is 0 Å². The molecular formula is C11H16N2O. The zero-order chi connectivity index (χ0) is 10.7. The molecule has 1 atom stereocenters. The predicted molar refractivity (Wildman–Crippen MR) is 55.9 cm³/mol. The molecule has 0 saturated heterocycles. The average Bonchev–Trinajstić information content (AvgIpc) is 2.50. The Morgan fingerprint density at radius 1 is 1.71 bits per heavy atom. The van der Waals surface area contributed by atoms with Crippen LogP contribution in [0.3, 0.4) is 0 Å². The molecule has 0 radical (unpaired) electrons. The number of hydrogen-bond acceptors (Lipinski definition) is 2. The molecular weight excluding hydrogens is 176 g/mol. The van der Waals surface area contributed by atoms with Gasteiger partial charge >= 0.3 is 0 Å². The van der Waals surface area contributed by atoms with Crippen molar-refractivity contribution in [2.45, 2.75) is 20.3 Å². The molecule has 3 nitrogen and oxygen atoms in total. The summed E-state index contributed by atoms with van der Waals surface area (Å²) >= 11 is 0. The van der Waals surface area contributed by atoms with Crippen molar-refractivity contribution in [2.75, 3.05) is 0 Å². The normalized spacial score (nSPS) is 12.5. The quantitative estimate of drug-likeness (QED) is 0.681. The molecule has 1 rings (SSSR count). The zero-order valence-electron chi connectivity index (χ0n) is 8.95. The number of ketones is 1. The molecule has 0 aromatic carbocycles. The monoisotopic (exact) mass is 192 g/mol. The van der Waals surface area contributed by atoms with Gasteiger partial charge in [0.25, 0.3) is 0 Å². The smallest absolute Gasteiger partial charge is 0.161 e. The van der Waals surface area contributed by atoms with E-state index in [1.165, 1.54) is 0 Å². The van der Waals surface area contributed by atoms with Crippen LogP contribution in [0.1, 0.15) is 19.7 Å². The number of hydrogen-bond donors (Lipinski definition) is 0. The Morgan fingerprint density at radius 2 is 2.36 bits per heavy atom. The van der Waals surface area contributed by atoms with Gasteiger partial charge in [0.1, 0.15) is 5.82 Å². The Balaban J connectivity index is 2.66. The number of nitrogens with zero attached hydrogens (tertiary/aromatic N) is 2. The average molecular weight is 192 g/mol. The third-order valence-corrected chi connectivity index (χ3v) is 2.28. The van der Waals surface area contributed by atoms with Crippen molar-refractivity contribution in [1.29, 1.82) is 0 Å². The van der Waals surface area contributed by atoms with Crippen molar-refractivity contribution in [3.63, 3.8) is 0 Å². The molecule has 1 unspecified atom stereocenters. The van der Waals surface area contributed by atoms with Gasteiger partial charge in [-0.05, 0) is 12.5 Å². The number of Topliss-reactive ketones (excluding diaryl/α,β-unsaturated/α-hetero) is 1. The number of rotatable bonds is 4. The fourth-order valence-electron chi connectivity index (χ4n) is 1.38. The number of aromatic nitrogens is 2. The lowest BCUT2D eigenvalue weighted by Gasteiger charge is -2.09. The van der Waals surface area contributed by atoms with E-state index in [1.54, 1.807) is 13.1 Å². The summed E-state index contributed by atoms with van der Waals surface area (Å²) in [5.74, 6) is 1.02. The lowest BCUT2D eigenvalue weighted by Crippen LogP contribution is -2.16.